The van der Waals surface area contributed by atoms with Crippen LogP contribution in [0.15, 0.2) is 23.0 Å². The second kappa shape index (κ2) is 4.71. The van der Waals surface area contributed by atoms with Crippen LogP contribution in [0.5, 0.6) is 0 Å². The summed E-state index contributed by atoms with van der Waals surface area (Å²) in [5.41, 5.74) is 1.78. The Kier molecular flexibility index (Phi) is 3.33. The highest BCUT2D eigenvalue weighted by atomic mass is 28.4. The maximum atomic E-state index is 12.3. The standard InChI is InChI=1S/C16H24O4Si/c1-16(2,3)21(4,5)20-12-9-11-8-10-6-7-18-15(17)13(12)14(10)19-11/h8,11,14H,6-7,9H2,1-5H3. The molecule has 0 aromatic rings. The topological polar surface area (TPSA) is 44.8 Å². The van der Waals surface area contributed by atoms with Crippen molar-refractivity contribution >= 4 is 14.3 Å². The van der Waals surface area contributed by atoms with Gasteiger partial charge in [-0.2, -0.15) is 0 Å². The molecule has 1 saturated heterocycles. The summed E-state index contributed by atoms with van der Waals surface area (Å²) < 4.78 is 17.7. The number of fused-ring (bicyclic) bond motifs is 1. The Hall–Kier alpha value is -1.07. The SMILES string of the molecule is CC(C)(C)[Si](C)(C)OC1=C2C(=O)OCCC3=CC(C1)OC32. The summed E-state index contributed by atoms with van der Waals surface area (Å²) in [7, 11) is -1.97. The number of esters is 1. The summed E-state index contributed by atoms with van der Waals surface area (Å²) in [5.74, 6) is 0.540. The van der Waals surface area contributed by atoms with E-state index in [1.165, 1.54) is 5.57 Å². The van der Waals surface area contributed by atoms with Crippen molar-refractivity contribution in [3.63, 3.8) is 0 Å². The molecule has 0 spiro atoms. The highest BCUT2D eigenvalue weighted by molar-refractivity contribution is 6.74. The number of hydrogen-bond donors (Lipinski definition) is 0. The molecule has 0 aromatic carbocycles. The average Bonchev–Trinajstić information content (AvgIpc) is 2.56. The van der Waals surface area contributed by atoms with Crippen molar-refractivity contribution < 1.29 is 18.7 Å². The minimum absolute atomic E-state index is 0.0550. The fourth-order valence-corrected chi connectivity index (χ4v) is 3.87. The lowest BCUT2D eigenvalue weighted by Gasteiger charge is -2.39. The van der Waals surface area contributed by atoms with E-state index in [2.05, 4.69) is 39.9 Å². The summed E-state index contributed by atoms with van der Waals surface area (Å²) in [6.45, 7) is 11.4. The van der Waals surface area contributed by atoms with Crippen molar-refractivity contribution in [3.05, 3.63) is 23.0 Å². The first-order valence-electron chi connectivity index (χ1n) is 7.64. The molecule has 4 nitrogen and oxygen atoms in total. The Morgan fingerprint density at radius 3 is 2.71 bits per heavy atom. The summed E-state index contributed by atoms with van der Waals surface area (Å²) in [5, 5.41) is 0.100. The molecule has 3 aliphatic heterocycles. The molecule has 2 bridgehead atoms. The van der Waals surface area contributed by atoms with Crippen LogP contribution in [0.4, 0.5) is 0 Å². The highest BCUT2D eigenvalue weighted by Gasteiger charge is 2.46. The minimum atomic E-state index is -1.97. The second-order valence-corrected chi connectivity index (χ2v) is 12.3. The van der Waals surface area contributed by atoms with E-state index in [0.29, 0.717) is 18.6 Å². The molecule has 3 rings (SSSR count). The lowest BCUT2D eigenvalue weighted by atomic mass is 10.0. The molecular weight excluding hydrogens is 284 g/mol. The number of hydrogen-bond acceptors (Lipinski definition) is 4. The molecule has 3 aliphatic rings. The summed E-state index contributed by atoms with van der Waals surface area (Å²) in [4.78, 5) is 12.3. The van der Waals surface area contributed by atoms with Crippen LogP contribution >= 0.6 is 0 Å². The van der Waals surface area contributed by atoms with Crippen molar-refractivity contribution in [2.75, 3.05) is 6.61 Å². The quantitative estimate of drug-likeness (QED) is 0.446. The Balaban J connectivity index is 1.98. The smallest absolute Gasteiger partial charge is 0.340 e. The Morgan fingerprint density at radius 1 is 1.33 bits per heavy atom. The maximum Gasteiger partial charge on any atom is 0.340 e. The Bertz CT molecular complexity index is 539. The van der Waals surface area contributed by atoms with Gasteiger partial charge in [0.25, 0.3) is 0 Å². The lowest BCUT2D eigenvalue weighted by Crippen LogP contribution is -2.42. The first-order chi connectivity index (χ1) is 9.69. The van der Waals surface area contributed by atoms with Crippen molar-refractivity contribution in [1.82, 2.24) is 0 Å². The number of cyclic esters (lactones) is 1. The predicted molar refractivity (Wildman–Crippen MR) is 82.2 cm³/mol. The average molecular weight is 308 g/mol. The van der Waals surface area contributed by atoms with Crippen LogP contribution in [0.2, 0.25) is 18.1 Å². The van der Waals surface area contributed by atoms with Gasteiger partial charge in [0.1, 0.15) is 11.7 Å². The summed E-state index contributed by atoms with van der Waals surface area (Å²) in [6.07, 6.45) is 3.38. The molecule has 3 heterocycles. The molecule has 0 radical (unpaired) electrons. The molecule has 1 fully saturated rings. The zero-order valence-corrected chi connectivity index (χ0v) is 14.5. The monoisotopic (exact) mass is 308 g/mol. The van der Waals surface area contributed by atoms with Crippen molar-refractivity contribution in [2.45, 2.75) is 64.0 Å². The molecule has 2 unspecified atom stereocenters. The van der Waals surface area contributed by atoms with E-state index in [1.807, 2.05) is 0 Å². The summed E-state index contributed by atoms with van der Waals surface area (Å²) in [6, 6.07) is 0. The molecule has 0 amide bonds. The van der Waals surface area contributed by atoms with Gasteiger partial charge in [0.15, 0.2) is 0 Å². The first kappa shape index (κ1) is 14.8. The van der Waals surface area contributed by atoms with Crippen LogP contribution in [0.3, 0.4) is 0 Å². The van der Waals surface area contributed by atoms with Crippen LogP contribution < -0.4 is 0 Å². The third-order valence-electron chi connectivity index (χ3n) is 5.03. The van der Waals surface area contributed by atoms with Crippen LogP contribution in [0, 0.1) is 0 Å². The van der Waals surface area contributed by atoms with E-state index in [4.69, 9.17) is 13.9 Å². The van der Waals surface area contributed by atoms with E-state index in [1.54, 1.807) is 0 Å². The van der Waals surface area contributed by atoms with Gasteiger partial charge in [-0.15, -0.1) is 0 Å². The number of carbonyl (C=O) groups is 1. The molecule has 0 N–H and O–H groups in total. The third kappa shape index (κ3) is 2.46. The fourth-order valence-electron chi connectivity index (χ4n) is 2.76. The van der Waals surface area contributed by atoms with E-state index in [-0.39, 0.29) is 23.2 Å². The zero-order valence-electron chi connectivity index (χ0n) is 13.5. The van der Waals surface area contributed by atoms with Crippen LogP contribution in [-0.4, -0.2) is 33.1 Å². The van der Waals surface area contributed by atoms with Crippen LogP contribution in [0.25, 0.3) is 0 Å². The molecule has 0 aromatic heterocycles. The van der Waals surface area contributed by atoms with Gasteiger partial charge in [-0.25, -0.2) is 4.79 Å². The molecular formula is C16H24O4Si. The second-order valence-electron chi connectivity index (χ2n) is 7.59. The normalized spacial score (nSPS) is 29.0. The van der Waals surface area contributed by atoms with E-state index >= 15 is 0 Å². The molecule has 21 heavy (non-hydrogen) atoms. The fraction of sp³-hybridized carbons (Fsp3) is 0.688. The first-order valence-corrected chi connectivity index (χ1v) is 10.5. The van der Waals surface area contributed by atoms with Crippen LogP contribution in [0.1, 0.15) is 33.6 Å². The van der Waals surface area contributed by atoms with Gasteiger partial charge in [0.05, 0.1) is 18.5 Å². The van der Waals surface area contributed by atoms with Gasteiger partial charge >= 0.3 is 5.97 Å². The van der Waals surface area contributed by atoms with Gasteiger partial charge in [0, 0.05) is 12.8 Å². The molecule has 0 aliphatic carbocycles. The zero-order chi connectivity index (χ0) is 15.4. The largest absolute Gasteiger partial charge is 0.546 e. The third-order valence-corrected chi connectivity index (χ3v) is 9.39. The lowest BCUT2D eigenvalue weighted by molar-refractivity contribution is -0.140. The van der Waals surface area contributed by atoms with E-state index in [0.717, 1.165) is 12.2 Å². The van der Waals surface area contributed by atoms with Gasteiger partial charge in [-0.1, -0.05) is 26.8 Å². The Labute approximate surface area is 127 Å². The maximum absolute atomic E-state index is 12.3. The number of carbonyl (C=O) groups excluding carboxylic acids is 1. The highest BCUT2D eigenvalue weighted by Crippen LogP contribution is 2.44. The van der Waals surface area contributed by atoms with Gasteiger partial charge in [-0.05, 0) is 23.7 Å². The minimum Gasteiger partial charge on any atom is -0.546 e. The van der Waals surface area contributed by atoms with Crippen molar-refractivity contribution in [1.29, 1.82) is 0 Å². The van der Waals surface area contributed by atoms with Gasteiger partial charge in [-0.3, -0.25) is 0 Å². The number of rotatable bonds is 2. The van der Waals surface area contributed by atoms with E-state index in [9.17, 15) is 4.79 Å². The van der Waals surface area contributed by atoms with Crippen molar-refractivity contribution in [3.8, 4) is 0 Å². The van der Waals surface area contributed by atoms with E-state index < -0.39 is 8.32 Å². The van der Waals surface area contributed by atoms with Gasteiger partial charge in [0.2, 0.25) is 8.32 Å². The number of ether oxygens (including phenoxy) is 2. The molecule has 0 saturated carbocycles. The molecule has 2 atom stereocenters. The van der Waals surface area contributed by atoms with Crippen molar-refractivity contribution in [2.24, 2.45) is 0 Å². The molecule has 116 valence electrons. The Morgan fingerprint density at radius 2 is 2.05 bits per heavy atom. The predicted octanol–water partition coefficient (Wildman–Crippen LogP) is 3.31. The summed E-state index contributed by atoms with van der Waals surface area (Å²) >= 11 is 0. The van der Waals surface area contributed by atoms with Crippen LogP contribution in [-0.2, 0) is 18.7 Å². The molecule has 5 heteroatoms. The van der Waals surface area contributed by atoms with Gasteiger partial charge < -0.3 is 13.9 Å².